The van der Waals surface area contributed by atoms with Gasteiger partial charge >= 0.3 is 0 Å². The molecule has 0 fully saturated rings. The topological polar surface area (TPSA) is 21.7 Å². The molecule has 0 saturated carbocycles. The molecular formula is C18H30ClNO2Si. The normalized spacial score (nSPS) is 21.7. The summed E-state index contributed by atoms with van der Waals surface area (Å²) in [6.45, 7) is 11.5. The van der Waals surface area contributed by atoms with Gasteiger partial charge in [0.15, 0.2) is 8.32 Å². The number of benzene rings is 1. The van der Waals surface area contributed by atoms with Crippen molar-refractivity contribution in [1.29, 1.82) is 0 Å². The zero-order chi connectivity index (χ0) is 17.6. The van der Waals surface area contributed by atoms with Crippen LogP contribution in [0.15, 0.2) is 12.1 Å². The third-order valence-corrected chi connectivity index (χ3v) is 10.0. The average molecular weight is 356 g/mol. The molecule has 0 spiro atoms. The minimum absolute atomic E-state index is 0.147. The Kier molecular flexibility index (Phi) is 5.22. The van der Waals surface area contributed by atoms with Crippen molar-refractivity contribution in [2.24, 2.45) is 0 Å². The van der Waals surface area contributed by atoms with Gasteiger partial charge in [0.1, 0.15) is 5.75 Å². The molecular weight excluding hydrogens is 326 g/mol. The van der Waals surface area contributed by atoms with E-state index in [4.69, 9.17) is 20.8 Å². The summed E-state index contributed by atoms with van der Waals surface area (Å²) >= 11 is 6.30. The Labute approximate surface area is 147 Å². The maximum Gasteiger partial charge on any atom is 0.192 e. The summed E-state index contributed by atoms with van der Waals surface area (Å²) < 4.78 is 12.3. The van der Waals surface area contributed by atoms with Crippen LogP contribution in [0.3, 0.4) is 0 Å². The molecule has 0 saturated heterocycles. The van der Waals surface area contributed by atoms with E-state index >= 15 is 0 Å². The zero-order valence-corrected chi connectivity index (χ0v) is 17.4. The quantitative estimate of drug-likeness (QED) is 0.717. The highest BCUT2D eigenvalue weighted by Gasteiger charge is 2.44. The van der Waals surface area contributed by atoms with E-state index in [1.54, 1.807) is 7.11 Å². The lowest BCUT2D eigenvalue weighted by molar-refractivity contribution is 0.0980. The molecule has 130 valence electrons. The monoisotopic (exact) mass is 355 g/mol. The highest BCUT2D eigenvalue weighted by atomic mass is 35.5. The van der Waals surface area contributed by atoms with Crippen LogP contribution in [-0.2, 0) is 10.8 Å². The number of methoxy groups -OCH3 is 1. The molecule has 3 nitrogen and oxygen atoms in total. The lowest BCUT2D eigenvalue weighted by atomic mass is 10.1. The number of halogens is 1. The van der Waals surface area contributed by atoms with E-state index < -0.39 is 8.32 Å². The van der Waals surface area contributed by atoms with Crippen molar-refractivity contribution >= 4 is 19.9 Å². The van der Waals surface area contributed by atoms with Crippen LogP contribution >= 0.6 is 11.6 Å². The summed E-state index contributed by atoms with van der Waals surface area (Å²) in [5, 5.41) is 0.917. The molecule has 0 heterocycles. The van der Waals surface area contributed by atoms with E-state index in [0.29, 0.717) is 0 Å². The molecule has 5 heteroatoms. The molecule has 0 aromatic heterocycles. The van der Waals surface area contributed by atoms with E-state index in [1.165, 1.54) is 11.1 Å². The predicted molar refractivity (Wildman–Crippen MR) is 100 cm³/mol. The minimum Gasteiger partial charge on any atom is -0.496 e. The molecule has 0 bridgehead atoms. The zero-order valence-electron chi connectivity index (χ0n) is 15.7. The number of ether oxygens (including phenoxy) is 1. The van der Waals surface area contributed by atoms with Gasteiger partial charge in [-0.15, -0.1) is 0 Å². The van der Waals surface area contributed by atoms with Crippen molar-refractivity contribution in [2.75, 3.05) is 21.2 Å². The van der Waals surface area contributed by atoms with Crippen molar-refractivity contribution in [3.63, 3.8) is 0 Å². The Morgan fingerprint density at radius 2 is 1.83 bits per heavy atom. The third kappa shape index (κ3) is 3.60. The number of rotatable bonds is 4. The van der Waals surface area contributed by atoms with Crippen LogP contribution in [0, 0.1) is 0 Å². The summed E-state index contributed by atoms with van der Waals surface area (Å²) in [4.78, 5) is 2.24. The number of hydrogen-bond donors (Lipinski definition) is 0. The Hall–Kier alpha value is -0.553. The molecule has 2 atom stereocenters. The van der Waals surface area contributed by atoms with E-state index in [-0.39, 0.29) is 17.2 Å². The molecule has 0 N–H and O–H groups in total. The smallest absolute Gasteiger partial charge is 0.192 e. The number of hydrogen-bond acceptors (Lipinski definition) is 3. The van der Waals surface area contributed by atoms with Gasteiger partial charge in [-0.25, -0.2) is 0 Å². The van der Waals surface area contributed by atoms with E-state index in [0.717, 1.165) is 17.2 Å². The largest absolute Gasteiger partial charge is 0.496 e. The van der Waals surface area contributed by atoms with E-state index in [9.17, 15) is 0 Å². The van der Waals surface area contributed by atoms with E-state index in [1.807, 2.05) is 6.07 Å². The molecule has 0 aliphatic heterocycles. The van der Waals surface area contributed by atoms with Crippen molar-refractivity contribution < 1.29 is 9.16 Å². The lowest BCUT2D eigenvalue weighted by Gasteiger charge is -2.41. The Morgan fingerprint density at radius 3 is 2.30 bits per heavy atom. The third-order valence-electron chi connectivity index (χ3n) is 5.31. The van der Waals surface area contributed by atoms with Crippen LogP contribution in [-0.4, -0.2) is 40.5 Å². The van der Waals surface area contributed by atoms with Crippen molar-refractivity contribution in [3.8, 4) is 5.75 Å². The molecule has 23 heavy (non-hydrogen) atoms. The highest BCUT2D eigenvalue weighted by molar-refractivity contribution is 6.74. The Balaban J connectivity index is 2.41. The first-order valence-corrected chi connectivity index (χ1v) is 11.5. The van der Waals surface area contributed by atoms with Gasteiger partial charge in [-0.2, -0.15) is 0 Å². The minimum atomic E-state index is -1.84. The fourth-order valence-corrected chi connectivity index (χ4v) is 4.62. The molecule has 1 unspecified atom stereocenters. The van der Waals surface area contributed by atoms with Crippen LogP contribution in [0.5, 0.6) is 5.75 Å². The van der Waals surface area contributed by atoms with Gasteiger partial charge in [0.2, 0.25) is 0 Å². The van der Waals surface area contributed by atoms with Crippen LogP contribution in [0.25, 0.3) is 0 Å². The summed E-state index contributed by atoms with van der Waals surface area (Å²) in [6.07, 6.45) is 1.03. The predicted octanol–water partition coefficient (Wildman–Crippen LogP) is 4.90. The summed E-state index contributed by atoms with van der Waals surface area (Å²) in [6, 6.07) is 4.19. The van der Waals surface area contributed by atoms with Gasteiger partial charge in [-0.05, 0) is 49.9 Å². The van der Waals surface area contributed by atoms with Crippen molar-refractivity contribution in [1.82, 2.24) is 4.90 Å². The number of likely N-dealkylation sites (N-methyl/N-ethyl adjacent to an activating group) is 1. The second kappa shape index (κ2) is 6.39. The molecule has 1 aliphatic rings. The molecule has 1 aromatic carbocycles. The summed E-state index contributed by atoms with van der Waals surface area (Å²) in [5.74, 6) is 0.876. The second-order valence-corrected chi connectivity index (χ2v) is 13.4. The number of nitrogens with zero attached hydrogens (tertiary/aromatic N) is 1. The first-order valence-electron chi connectivity index (χ1n) is 8.18. The van der Waals surface area contributed by atoms with Gasteiger partial charge < -0.3 is 14.1 Å². The van der Waals surface area contributed by atoms with E-state index in [2.05, 4.69) is 58.9 Å². The lowest BCUT2D eigenvalue weighted by Crippen LogP contribution is -2.46. The maximum atomic E-state index is 6.76. The summed E-state index contributed by atoms with van der Waals surface area (Å²) in [5.41, 5.74) is 2.47. The van der Waals surface area contributed by atoms with Gasteiger partial charge in [0.25, 0.3) is 0 Å². The fraction of sp³-hybridized carbons (Fsp3) is 0.667. The van der Waals surface area contributed by atoms with Crippen LogP contribution in [0.1, 0.15) is 37.9 Å². The van der Waals surface area contributed by atoms with Gasteiger partial charge in [0.05, 0.1) is 19.3 Å². The molecule has 0 amide bonds. The number of fused-ring (bicyclic) bond motifs is 1. The van der Waals surface area contributed by atoms with Crippen molar-refractivity contribution in [3.05, 3.63) is 28.3 Å². The fourth-order valence-electron chi connectivity index (χ4n) is 3.08. The first-order chi connectivity index (χ1) is 10.5. The van der Waals surface area contributed by atoms with Gasteiger partial charge in [-0.1, -0.05) is 32.4 Å². The van der Waals surface area contributed by atoms with Crippen LogP contribution in [0.2, 0.25) is 23.2 Å². The molecule has 1 aromatic rings. The van der Waals surface area contributed by atoms with Crippen molar-refractivity contribution in [2.45, 2.75) is 57.5 Å². The Bertz CT molecular complexity index is 581. The molecule has 2 rings (SSSR count). The van der Waals surface area contributed by atoms with Gasteiger partial charge in [0, 0.05) is 17.0 Å². The highest BCUT2D eigenvalue weighted by Crippen LogP contribution is 2.46. The average Bonchev–Trinajstić information content (AvgIpc) is 2.73. The van der Waals surface area contributed by atoms with Crippen LogP contribution in [0.4, 0.5) is 0 Å². The maximum absolute atomic E-state index is 6.76. The standard InChI is InChI=1S/C18H30ClNO2Si/c1-18(2,3)23(7,8)22-16-11-13-14(17(16)20(4)5)9-12(19)10-15(13)21-6/h9-10,16-17H,11H2,1-8H3/t16?,17-/m1/s1. The second-order valence-electron chi connectivity index (χ2n) is 8.21. The van der Waals surface area contributed by atoms with Crippen LogP contribution < -0.4 is 4.74 Å². The molecule has 0 radical (unpaired) electrons. The first kappa shape index (κ1) is 18.8. The SMILES string of the molecule is COc1cc(Cl)cc2c1CC(O[Si](C)(C)C(C)(C)C)[C@@H]2N(C)C. The Morgan fingerprint density at radius 1 is 1.22 bits per heavy atom. The molecule has 1 aliphatic carbocycles. The summed E-state index contributed by atoms with van der Waals surface area (Å²) in [7, 11) is 4.08. The van der Waals surface area contributed by atoms with Gasteiger partial charge in [-0.3, -0.25) is 0 Å².